The molecule has 106 valence electrons. The Labute approximate surface area is 119 Å². The number of anilines is 1. The number of aliphatic hydroxyl groups is 1. The Morgan fingerprint density at radius 1 is 1.55 bits per heavy atom. The average Bonchev–Trinajstić information content (AvgIpc) is 3.10. The van der Waals surface area contributed by atoms with Crippen LogP contribution in [0.15, 0.2) is 12.1 Å². The lowest BCUT2D eigenvalue weighted by molar-refractivity contribution is -0.383. The molecule has 3 rings (SSSR count). The van der Waals surface area contributed by atoms with E-state index in [1.54, 1.807) is 12.1 Å². The van der Waals surface area contributed by atoms with E-state index in [0.717, 1.165) is 28.1 Å². The van der Waals surface area contributed by atoms with Gasteiger partial charge in [-0.3, -0.25) is 10.1 Å². The Morgan fingerprint density at radius 3 is 2.90 bits per heavy atom. The number of nitro groups is 1. The largest absolute Gasteiger partial charge is 0.396 e. The summed E-state index contributed by atoms with van der Waals surface area (Å²) in [4.78, 5) is 15.2. The monoisotopic (exact) mass is 293 g/mol. The molecule has 0 saturated heterocycles. The topological polar surface area (TPSA) is 88.3 Å². The number of thiazole rings is 1. The van der Waals surface area contributed by atoms with Crippen LogP contribution in [0.2, 0.25) is 0 Å². The van der Waals surface area contributed by atoms with Crippen molar-refractivity contribution in [2.24, 2.45) is 5.41 Å². The first kappa shape index (κ1) is 13.3. The summed E-state index contributed by atoms with van der Waals surface area (Å²) in [6.45, 7) is 2.55. The van der Waals surface area contributed by atoms with E-state index < -0.39 is 0 Å². The first-order valence-corrected chi connectivity index (χ1v) is 7.25. The Balaban J connectivity index is 1.94. The van der Waals surface area contributed by atoms with Crippen molar-refractivity contribution in [1.82, 2.24) is 4.98 Å². The third kappa shape index (κ3) is 2.34. The van der Waals surface area contributed by atoms with Crippen LogP contribution in [0, 0.1) is 22.5 Å². The maximum Gasteiger partial charge on any atom is 0.293 e. The molecule has 1 fully saturated rings. The predicted octanol–water partition coefficient (Wildman–Crippen LogP) is 2.70. The minimum Gasteiger partial charge on any atom is -0.396 e. The molecule has 6 nitrogen and oxygen atoms in total. The van der Waals surface area contributed by atoms with Crippen molar-refractivity contribution in [3.05, 3.63) is 27.3 Å². The van der Waals surface area contributed by atoms with Crippen LogP contribution in [0.5, 0.6) is 0 Å². The van der Waals surface area contributed by atoms with Crippen molar-refractivity contribution in [1.29, 1.82) is 0 Å². The summed E-state index contributed by atoms with van der Waals surface area (Å²) >= 11 is 1.45. The first-order chi connectivity index (χ1) is 9.53. The molecule has 1 heterocycles. The number of aliphatic hydroxyl groups excluding tert-OH is 1. The second kappa shape index (κ2) is 4.68. The van der Waals surface area contributed by atoms with E-state index in [1.165, 1.54) is 11.3 Å². The number of benzene rings is 1. The lowest BCUT2D eigenvalue weighted by Gasteiger charge is -2.13. The minimum atomic E-state index is -0.380. The van der Waals surface area contributed by atoms with Gasteiger partial charge >= 0.3 is 0 Å². The zero-order valence-electron chi connectivity index (χ0n) is 11.0. The SMILES string of the molecule is Cc1nc2cc(NCC3(CO)CC3)c([N+](=O)[O-])cc2s1. The Hall–Kier alpha value is -1.73. The van der Waals surface area contributed by atoms with Gasteiger partial charge in [0.25, 0.3) is 5.69 Å². The fourth-order valence-electron chi connectivity index (χ4n) is 2.22. The summed E-state index contributed by atoms with van der Waals surface area (Å²) in [5, 5.41) is 24.5. The number of aryl methyl sites for hydroxylation is 1. The maximum absolute atomic E-state index is 11.2. The van der Waals surface area contributed by atoms with Gasteiger partial charge in [0.05, 0.1) is 26.8 Å². The van der Waals surface area contributed by atoms with Gasteiger partial charge < -0.3 is 10.4 Å². The highest BCUT2D eigenvalue weighted by atomic mass is 32.1. The van der Waals surface area contributed by atoms with Crippen molar-refractivity contribution in [3.8, 4) is 0 Å². The highest BCUT2D eigenvalue weighted by Gasteiger charge is 2.42. The van der Waals surface area contributed by atoms with Gasteiger partial charge in [-0.2, -0.15) is 0 Å². The quantitative estimate of drug-likeness (QED) is 0.653. The third-order valence-corrected chi connectivity index (χ3v) is 4.69. The molecule has 0 amide bonds. The molecular weight excluding hydrogens is 278 g/mol. The van der Waals surface area contributed by atoms with E-state index in [1.807, 2.05) is 6.92 Å². The highest BCUT2D eigenvalue weighted by molar-refractivity contribution is 7.18. The molecule has 1 aliphatic rings. The molecule has 0 atom stereocenters. The van der Waals surface area contributed by atoms with E-state index in [0.29, 0.717) is 12.2 Å². The second-order valence-electron chi connectivity index (χ2n) is 5.34. The van der Waals surface area contributed by atoms with Gasteiger partial charge in [0.2, 0.25) is 0 Å². The van der Waals surface area contributed by atoms with Crippen LogP contribution in [0.25, 0.3) is 10.2 Å². The number of rotatable bonds is 5. The van der Waals surface area contributed by atoms with Gasteiger partial charge in [-0.15, -0.1) is 11.3 Å². The lowest BCUT2D eigenvalue weighted by atomic mass is 10.1. The van der Waals surface area contributed by atoms with Gasteiger partial charge in [-0.05, 0) is 25.8 Å². The van der Waals surface area contributed by atoms with Crippen molar-refractivity contribution in [3.63, 3.8) is 0 Å². The zero-order valence-corrected chi connectivity index (χ0v) is 11.9. The van der Waals surface area contributed by atoms with Gasteiger partial charge in [0.1, 0.15) is 5.69 Å². The molecule has 1 aromatic heterocycles. The normalized spacial score (nSPS) is 16.3. The summed E-state index contributed by atoms with van der Waals surface area (Å²) in [7, 11) is 0. The van der Waals surface area contributed by atoms with Crippen molar-refractivity contribution in [2.45, 2.75) is 19.8 Å². The van der Waals surface area contributed by atoms with E-state index in [2.05, 4.69) is 10.3 Å². The molecule has 0 unspecified atom stereocenters. The molecule has 0 bridgehead atoms. The van der Waals surface area contributed by atoms with Crippen molar-refractivity contribution in [2.75, 3.05) is 18.5 Å². The summed E-state index contributed by atoms with van der Waals surface area (Å²) in [5.41, 5.74) is 1.22. The summed E-state index contributed by atoms with van der Waals surface area (Å²) in [6.07, 6.45) is 1.92. The second-order valence-corrected chi connectivity index (χ2v) is 6.57. The highest BCUT2D eigenvalue weighted by Crippen LogP contribution is 2.45. The fourth-order valence-corrected chi connectivity index (χ4v) is 3.06. The molecule has 2 N–H and O–H groups in total. The average molecular weight is 293 g/mol. The molecule has 0 aliphatic heterocycles. The summed E-state index contributed by atoms with van der Waals surface area (Å²) in [5.74, 6) is 0. The summed E-state index contributed by atoms with van der Waals surface area (Å²) in [6, 6.07) is 3.30. The molecule has 0 spiro atoms. The predicted molar refractivity (Wildman–Crippen MR) is 78.3 cm³/mol. The number of fused-ring (bicyclic) bond motifs is 1. The zero-order chi connectivity index (χ0) is 14.3. The van der Waals surface area contributed by atoms with Gasteiger partial charge in [-0.1, -0.05) is 0 Å². The Bertz CT molecular complexity index is 679. The first-order valence-electron chi connectivity index (χ1n) is 6.43. The number of nitrogens with one attached hydrogen (secondary N) is 1. The number of aromatic nitrogens is 1. The molecule has 20 heavy (non-hydrogen) atoms. The fraction of sp³-hybridized carbons (Fsp3) is 0.462. The van der Waals surface area contributed by atoms with Crippen molar-refractivity contribution >= 4 is 32.9 Å². The van der Waals surface area contributed by atoms with Crippen LogP contribution >= 0.6 is 11.3 Å². The number of hydrogen-bond donors (Lipinski definition) is 2. The molecule has 1 saturated carbocycles. The Kier molecular flexibility index (Phi) is 3.10. The van der Waals surface area contributed by atoms with Gasteiger partial charge in [-0.25, -0.2) is 4.98 Å². The molecular formula is C13H15N3O3S. The number of nitrogens with zero attached hydrogens (tertiary/aromatic N) is 2. The van der Waals surface area contributed by atoms with Crippen LogP contribution in [0.1, 0.15) is 17.8 Å². The molecule has 0 radical (unpaired) electrons. The molecule has 2 aromatic rings. The Morgan fingerprint density at radius 2 is 2.30 bits per heavy atom. The van der Waals surface area contributed by atoms with E-state index >= 15 is 0 Å². The molecule has 1 aliphatic carbocycles. The third-order valence-electron chi connectivity index (χ3n) is 3.76. The smallest absolute Gasteiger partial charge is 0.293 e. The standard InChI is InChI=1S/C13H15N3O3S/c1-8-15-10-4-9(14-6-13(7-17)2-3-13)11(16(18)19)5-12(10)20-8/h4-5,14,17H,2-3,6-7H2,1H3. The van der Waals surface area contributed by atoms with E-state index in [9.17, 15) is 15.2 Å². The van der Waals surface area contributed by atoms with E-state index in [4.69, 9.17) is 0 Å². The molecule has 1 aromatic carbocycles. The number of nitro benzene ring substituents is 1. The van der Waals surface area contributed by atoms with Crippen LogP contribution in [0.4, 0.5) is 11.4 Å². The van der Waals surface area contributed by atoms with Gasteiger partial charge in [0.15, 0.2) is 0 Å². The van der Waals surface area contributed by atoms with Crippen LogP contribution in [-0.2, 0) is 0 Å². The van der Waals surface area contributed by atoms with Gasteiger partial charge in [0, 0.05) is 18.0 Å². The van der Waals surface area contributed by atoms with Crippen LogP contribution in [0.3, 0.4) is 0 Å². The van der Waals surface area contributed by atoms with E-state index in [-0.39, 0.29) is 22.6 Å². The number of hydrogen-bond acceptors (Lipinski definition) is 6. The van der Waals surface area contributed by atoms with Crippen molar-refractivity contribution < 1.29 is 10.0 Å². The molecule has 7 heteroatoms. The minimum absolute atomic E-state index is 0.0647. The lowest BCUT2D eigenvalue weighted by Crippen LogP contribution is -2.19. The summed E-state index contributed by atoms with van der Waals surface area (Å²) < 4.78 is 0.822. The van der Waals surface area contributed by atoms with Crippen LogP contribution < -0.4 is 5.32 Å². The maximum atomic E-state index is 11.2. The van der Waals surface area contributed by atoms with Crippen LogP contribution in [-0.4, -0.2) is 28.2 Å².